The van der Waals surface area contributed by atoms with E-state index in [0.29, 0.717) is 11.1 Å². The summed E-state index contributed by atoms with van der Waals surface area (Å²) < 4.78 is 7.76. The summed E-state index contributed by atoms with van der Waals surface area (Å²) in [4.78, 5) is 0. The van der Waals surface area contributed by atoms with Gasteiger partial charge >= 0.3 is 0 Å². The first-order chi connectivity index (χ1) is 7.78. The van der Waals surface area contributed by atoms with Crippen molar-refractivity contribution in [1.29, 1.82) is 0 Å². The number of nitrogens with one attached hydrogen (secondary N) is 1. The number of aromatic nitrogens is 2. The van der Waals surface area contributed by atoms with Crippen molar-refractivity contribution < 1.29 is 4.74 Å². The van der Waals surface area contributed by atoms with Gasteiger partial charge in [-0.1, -0.05) is 18.5 Å². The molecule has 1 fully saturated rings. The minimum absolute atomic E-state index is 0.277. The average Bonchev–Trinajstić information content (AvgIpc) is 2.86. The second-order valence-electron chi connectivity index (χ2n) is 4.15. The molecule has 16 heavy (non-hydrogen) atoms. The Kier molecular flexibility index (Phi) is 4.21. The normalized spacial score (nSPS) is 25.1. The summed E-state index contributed by atoms with van der Waals surface area (Å²) in [7, 11) is 0. The summed E-state index contributed by atoms with van der Waals surface area (Å²) in [6.07, 6.45) is 6.37. The molecule has 0 aromatic carbocycles. The Morgan fingerprint density at radius 3 is 3.06 bits per heavy atom. The summed E-state index contributed by atoms with van der Waals surface area (Å²) >= 11 is 5.81. The van der Waals surface area contributed by atoms with Crippen LogP contribution in [0.5, 0.6) is 0 Å². The Labute approximate surface area is 101 Å². The molecule has 1 aliphatic rings. The topological polar surface area (TPSA) is 39.1 Å². The van der Waals surface area contributed by atoms with Gasteiger partial charge in [-0.2, -0.15) is 5.10 Å². The van der Waals surface area contributed by atoms with Crippen molar-refractivity contribution in [2.75, 3.05) is 13.1 Å². The quantitative estimate of drug-likeness (QED) is 0.856. The SMILES string of the molecule is CCNCC1CCC(Cn2cc(Cl)cn2)O1. The van der Waals surface area contributed by atoms with Crippen LogP contribution in [0.4, 0.5) is 0 Å². The molecule has 0 aliphatic carbocycles. The summed E-state index contributed by atoms with van der Waals surface area (Å²) in [6, 6.07) is 0. The zero-order valence-electron chi connectivity index (χ0n) is 9.53. The minimum Gasteiger partial charge on any atom is -0.372 e. The van der Waals surface area contributed by atoms with Crippen LogP contribution in [0.2, 0.25) is 5.02 Å². The third-order valence-corrected chi connectivity index (χ3v) is 3.01. The third-order valence-electron chi connectivity index (χ3n) is 2.81. The first-order valence-electron chi connectivity index (χ1n) is 5.82. The van der Waals surface area contributed by atoms with Crippen molar-refractivity contribution in [1.82, 2.24) is 15.1 Å². The second kappa shape index (κ2) is 5.66. The zero-order valence-corrected chi connectivity index (χ0v) is 10.3. The predicted octanol–water partition coefficient (Wildman–Crippen LogP) is 1.69. The molecule has 1 aromatic rings. The van der Waals surface area contributed by atoms with Crippen LogP contribution in [0.15, 0.2) is 12.4 Å². The van der Waals surface area contributed by atoms with E-state index < -0.39 is 0 Å². The average molecular weight is 244 g/mol. The van der Waals surface area contributed by atoms with E-state index in [9.17, 15) is 0 Å². The number of nitrogens with zero attached hydrogens (tertiary/aromatic N) is 2. The van der Waals surface area contributed by atoms with Gasteiger partial charge in [-0.05, 0) is 19.4 Å². The highest BCUT2D eigenvalue weighted by molar-refractivity contribution is 6.30. The Morgan fingerprint density at radius 2 is 2.38 bits per heavy atom. The van der Waals surface area contributed by atoms with Crippen LogP contribution in [0.25, 0.3) is 0 Å². The lowest BCUT2D eigenvalue weighted by atomic mass is 10.2. The van der Waals surface area contributed by atoms with Gasteiger partial charge in [0.1, 0.15) is 0 Å². The first-order valence-corrected chi connectivity index (χ1v) is 6.20. The van der Waals surface area contributed by atoms with Gasteiger partial charge in [0.25, 0.3) is 0 Å². The fourth-order valence-electron chi connectivity index (χ4n) is 2.02. The van der Waals surface area contributed by atoms with Crippen molar-refractivity contribution in [3.8, 4) is 0 Å². The minimum atomic E-state index is 0.277. The molecule has 2 unspecified atom stereocenters. The van der Waals surface area contributed by atoms with E-state index in [1.807, 2.05) is 10.9 Å². The largest absolute Gasteiger partial charge is 0.372 e. The molecule has 0 spiro atoms. The standard InChI is InChI=1S/C11H18ClN3O/c1-2-13-6-10-3-4-11(16-10)8-15-7-9(12)5-14-15/h5,7,10-11,13H,2-4,6,8H2,1H3. The maximum atomic E-state index is 5.91. The van der Waals surface area contributed by atoms with Gasteiger partial charge in [0.2, 0.25) is 0 Å². The summed E-state index contributed by atoms with van der Waals surface area (Å²) in [6.45, 7) is 4.86. The van der Waals surface area contributed by atoms with E-state index in [0.717, 1.165) is 32.5 Å². The van der Waals surface area contributed by atoms with Crippen LogP contribution < -0.4 is 5.32 Å². The molecule has 0 amide bonds. The molecule has 1 aliphatic heterocycles. The Balaban J connectivity index is 1.76. The van der Waals surface area contributed by atoms with E-state index in [2.05, 4.69) is 17.3 Å². The molecule has 1 saturated heterocycles. The lowest BCUT2D eigenvalue weighted by Crippen LogP contribution is -2.27. The first kappa shape index (κ1) is 11.9. The number of hydrogen-bond donors (Lipinski definition) is 1. The maximum Gasteiger partial charge on any atom is 0.0785 e. The number of ether oxygens (including phenoxy) is 1. The second-order valence-corrected chi connectivity index (χ2v) is 4.58. The van der Waals surface area contributed by atoms with Crippen LogP contribution in [0.1, 0.15) is 19.8 Å². The van der Waals surface area contributed by atoms with E-state index in [-0.39, 0.29) is 6.10 Å². The summed E-state index contributed by atoms with van der Waals surface area (Å²) in [5, 5.41) is 8.15. The Hall–Kier alpha value is -0.580. The smallest absolute Gasteiger partial charge is 0.0785 e. The van der Waals surface area contributed by atoms with Gasteiger partial charge in [-0.25, -0.2) is 0 Å². The number of halogens is 1. The molecule has 0 bridgehead atoms. The maximum absolute atomic E-state index is 5.91. The van der Waals surface area contributed by atoms with Gasteiger partial charge in [0.15, 0.2) is 0 Å². The number of rotatable bonds is 5. The Bertz CT molecular complexity index is 329. The molecule has 5 heteroatoms. The predicted molar refractivity (Wildman–Crippen MR) is 63.7 cm³/mol. The van der Waals surface area contributed by atoms with Gasteiger partial charge < -0.3 is 10.1 Å². The van der Waals surface area contributed by atoms with Gasteiger partial charge in [-0.3, -0.25) is 4.68 Å². The monoisotopic (exact) mass is 243 g/mol. The van der Waals surface area contributed by atoms with Crippen molar-refractivity contribution in [3.63, 3.8) is 0 Å². The van der Waals surface area contributed by atoms with E-state index in [1.54, 1.807) is 6.20 Å². The van der Waals surface area contributed by atoms with E-state index >= 15 is 0 Å². The number of hydrogen-bond acceptors (Lipinski definition) is 3. The van der Waals surface area contributed by atoms with Crippen LogP contribution in [0.3, 0.4) is 0 Å². The molecule has 90 valence electrons. The van der Waals surface area contributed by atoms with Crippen molar-refractivity contribution in [3.05, 3.63) is 17.4 Å². The lowest BCUT2D eigenvalue weighted by Gasteiger charge is -2.13. The van der Waals surface area contributed by atoms with Gasteiger partial charge in [0, 0.05) is 12.7 Å². The molecular formula is C11H18ClN3O. The lowest BCUT2D eigenvalue weighted by molar-refractivity contribution is 0.0345. The van der Waals surface area contributed by atoms with Crippen LogP contribution in [0, 0.1) is 0 Å². The highest BCUT2D eigenvalue weighted by Crippen LogP contribution is 2.20. The van der Waals surface area contributed by atoms with Crippen LogP contribution in [-0.4, -0.2) is 35.1 Å². The van der Waals surface area contributed by atoms with Crippen LogP contribution in [-0.2, 0) is 11.3 Å². The fraction of sp³-hybridized carbons (Fsp3) is 0.727. The van der Waals surface area contributed by atoms with Gasteiger partial charge in [-0.15, -0.1) is 0 Å². The molecule has 1 N–H and O–H groups in total. The highest BCUT2D eigenvalue weighted by Gasteiger charge is 2.25. The Morgan fingerprint density at radius 1 is 1.56 bits per heavy atom. The zero-order chi connectivity index (χ0) is 11.4. The molecule has 0 saturated carbocycles. The summed E-state index contributed by atoms with van der Waals surface area (Å²) in [5.74, 6) is 0. The van der Waals surface area contributed by atoms with Crippen molar-refractivity contribution >= 4 is 11.6 Å². The molecule has 0 radical (unpaired) electrons. The molecule has 2 rings (SSSR count). The van der Waals surface area contributed by atoms with E-state index in [4.69, 9.17) is 16.3 Å². The molecule has 1 aromatic heterocycles. The highest BCUT2D eigenvalue weighted by atomic mass is 35.5. The summed E-state index contributed by atoms with van der Waals surface area (Å²) in [5.41, 5.74) is 0. The third kappa shape index (κ3) is 3.20. The molecular weight excluding hydrogens is 226 g/mol. The van der Waals surface area contributed by atoms with E-state index in [1.165, 1.54) is 0 Å². The van der Waals surface area contributed by atoms with Crippen molar-refractivity contribution in [2.24, 2.45) is 0 Å². The molecule has 2 atom stereocenters. The molecule has 2 heterocycles. The van der Waals surface area contributed by atoms with Crippen LogP contribution >= 0.6 is 11.6 Å². The van der Waals surface area contributed by atoms with Gasteiger partial charge in [0.05, 0.1) is 30.0 Å². The van der Waals surface area contributed by atoms with Crippen molar-refractivity contribution in [2.45, 2.75) is 38.5 Å². The fourth-order valence-corrected chi connectivity index (χ4v) is 2.17. The number of likely N-dealkylation sites (N-methyl/N-ethyl adjacent to an activating group) is 1. The molecule has 4 nitrogen and oxygen atoms in total.